The predicted octanol–water partition coefficient (Wildman–Crippen LogP) is 0.947. The highest BCUT2D eigenvalue weighted by Crippen LogP contribution is 2.30. The van der Waals surface area contributed by atoms with Crippen LogP contribution in [0.25, 0.3) is 0 Å². The number of nitrogens with zero attached hydrogens (tertiary/aromatic N) is 5. The van der Waals surface area contributed by atoms with Gasteiger partial charge < -0.3 is 19.3 Å². The summed E-state index contributed by atoms with van der Waals surface area (Å²) in [5, 5.41) is 18.7. The molecule has 1 aliphatic heterocycles. The minimum atomic E-state index is -0.616. The molecule has 2 atom stereocenters. The van der Waals surface area contributed by atoms with Crippen LogP contribution in [-0.4, -0.2) is 51.0 Å². The van der Waals surface area contributed by atoms with Gasteiger partial charge in [-0.2, -0.15) is 0 Å². The van der Waals surface area contributed by atoms with Crippen LogP contribution in [0.3, 0.4) is 0 Å². The zero-order valence-corrected chi connectivity index (χ0v) is 13.8. The van der Waals surface area contributed by atoms with Crippen molar-refractivity contribution in [1.82, 2.24) is 19.7 Å². The summed E-state index contributed by atoms with van der Waals surface area (Å²) in [6.45, 7) is 1.51. The second kappa shape index (κ2) is 6.96. The monoisotopic (exact) mass is 331 g/mol. The van der Waals surface area contributed by atoms with Gasteiger partial charge in [-0.15, -0.1) is 10.2 Å². The molecule has 0 spiro atoms. The summed E-state index contributed by atoms with van der Waals surface area (Å²) in [5.74, 6) is 0.936. The number of imidazole rings is 1. The third-order valence-corrected chi connectivity index (χ3v) is 4.40. The van der Waals surface area contributed by atoms with E-state index >= 15 is 0 Å². The maximum Gasteiger partial charge on any atom is 0.358 e. The summed E-state index contributed by atoms with van der Waals surface area (Å²) >= 11 is 0. The summed E-state index contributed by atoms with van der Waals surface area (Å²) in [6, 6.07) is 3.36. The standard InChI is InChI=1S/C16H21N5O3/c1-20-9-7-17-15(20)14(22)11-4-3-8-21(10-11)13-6-5-12(18-19-13)16(23)24-2/h5-7,9,11,14,22H,3-4,8,10H2,1-2H3. The van der Waals surface area contributed by atoms with E-state index in [4.69, 9.17) is 0 Å². The molecule has 0 saturated carbocycles. The van der Waals surface area contributed by atoms with Crippen molar-refractivity contribution >= 4 is 11.8 Å². The number of hydrogen-bond acceptors (Lipinski definition) is 7. The molecule has 0 bridgehead atoms. The van der Waals surface area contributed by atoms with E-state index in [1.807, 2.05) is 17.8 Å². The number of aliphatic hydroxyl groups is 1. The molecule has 0 amide bonds. The number of rotatable bonds is 4. The Hall–Kier alpha value is -2.48. The Labute approximate surface area is 140 Å². The normalized spacial score (nSPS) is 19.1. The molecule has 0 aromatic carbocycles. The average Bonchev–Trinajstić information content (AvgIpc) is 3.06. The first kappa shape index (κ1) is 16.4. The summed E-state index contributed by atoms with van der Waals surface area (Å²) in [4.78, 5) is 17.7. The fourth-order valence-corrected chi connectivity index (χ4v) is 3.06. The summed E-state index contributed by atoms with van der Waals surface area (Å²) < 4.78 is 6.47. The van der Waals surface area contributed by atoms with E-state index in [0.717, 1.165) is 19.4 Å². The lowest BCUT2D eigenvalue weighted by Gasteiger charge is -2.35. The number of ether oxygens (including phenoxy) is 1. The van der Waals surface area contributed by atoms with Gasteiger partial charge in [0, 0.05) is 38.4 Å². The lowest BCUT2D eigenvalue weighted by molar-refractivity contribution is 0.0592. The first-order valence-electron chi connectivity index (χ1n) is 7.92. The summed E-state index contributed by atoms with van der Waals surface area (Å²) in [7, 11) is 3.19. The zero-order chi connectivity index (χ0) is 17.1. The number of methoxy groups -OCH3 is 1. The molecule has 2 aromatic heterocycles. The van der Waals surface area contributed by atoms with Gasteiger partial charge >= 0.3 is 5.97 Å². The average molecular weight is 331 g/mol. The lowest BCUT2D eigenvalue weighted by Crippen LogP contribution is -2.39. The van der Waals surface area contributed by atoms with Crippen LogP contribution in [0.2, 0.25) is 0 Å². The largest absolute Gasteiger partial charge is 0.464 e. The van der Waals surface area contributed by atoms with Gasteiger partial charge in [0.25, 0.3) is 0 Å². The third kappa shape index (κ3) is 3.23. The molecule has 128 valence electrons. The van der Waals surface area contributed by atoms with Crippen molar-refractivity contribution in [1.29, 1.82) is 0 Å². The van der Waals surface area contributed by atoms with Gasteiger partial charge in [0.1, 0.15) is 11.9 Å². The van der Waals surface area contributed by atoms with E-state index in [2.05, 4.69) is 24.8 Å². The van der Waals surface area contributed by atoms with E-state index in [-0.39, 0.29) is 11.6 Å². The molecular weight excluding hydrogens is 310 g/mol. The molecule has 8 nitrogen and oxygen atoms in total. The first-order chi connectivity index (χ1) is 11.6. The molecule has 1 aliphatic rings. The minimum absolute atomic E-state index is 0.0712. The van der Waals surface area contributed by atoms with Crippen molar-refractivity contribution in [2.75, 3.05) is 25.1 Å². The quantitative estimate of drug-likeness (QED) is 0.834. The molecule has 1 saturated heterocycles. The van der Waals surface area contributed by atoms with Crippen molar-refractivity contribution in [2.45, 2.75) is 18.9 Å². The Morgan fingerprint density at radius 2 is 2.25 bits per heavy atom. The van der Waals surface area contributed by atoms with Crippen LogP contribution in [0.1, 0.15) is 35.3 Å². The number of hydrogen-bond donors (Lipinski definition) is 1. The van der Waals surface area contributed by atoms with Gasteiger partial charge in [0.15, 0.2) is 11.5 Å². The van der Waals surface area contributed by atoms with Crippen LogP contribution in [0, 0.1) is 5.92 Å². The second-order valence-electron chi connectivity index (χ2n) is 5.96. The lowest BCUT2D eigenvalue weighted by atomic mass is 9.92. The van der Waals surface area contributed by atoms with E-state index in [0.29, 0.717) is 18.2 Å². The summed E-state index contributed by atoms with van der Waals surface area (Å²) in [5.41, 5.74) is 0.183. The maximum absolute atomic E-state index is 11.4. The van der Waals surface area contributed by atoms with Crippen molar-refractivity contribution in [3.8, 4) is 0 Å². The number of esters is 1. The number of aliphatic hydroxyl groups excluding tert-OH is 1. The number of carbonyl (C=O) groups is 1. The number of carbonyl (C=O) groups excluding carboxylic acids is 1. The molecule has 3 rings (SSSR count). The highest BCUT2D eigenvalue weighted by atomic mass is 16.5. The number of piperidine rings is 1. The van der Waals surface area contributed by atoms with Crippen LogP contribution in [0.5, 0.6) is 0 Å². The SMILES string of the molecule is COC(=O)c1ccc(N2CCCC(C(O)c3nccn3C)C2)nn1. The Bertz CT molecular complexity index is 700. The highest BCUT2D eigenvalue weighted by Gasteiger charge is 2.29. The van der Waals surface area contributed by atoms with E-state index < -0.39 is 12.1 Å². The Kier molecular flexibility index (Phi) is 4.75. The molecule has 2 aromatic rings. The zero-order valence-electron chi connectivity index (χ0n) is 13.8. The van der Waals surface area contributed by atoms with Crippen molar-refractivity contribution in [3.05, 3.63) is 36.0 Å². The predicted molar refractivity (Wildman–Crippen MR) is 86.5 cm³/mol. The molecule has 0 radical (unpaired) electrons. The molecule has 1 N–H and O–H groups in total. The first-order valence-corrected chi connectivity index (χ1v) is 7.92. The summed E-state index contributed by atoms with van der Waals surface area (Å²) in [6.07, 6.45) is 4.78. The fraction of sp³-hybridized carbons (Fsp3) is 0.500. The Morgan fingerprint density at radius 1 is 1.42 bits per heavy atom. The third-order valence-electron chi connectivity index (χ3n) is 4.40. The molecule has 1 fully saturated rings. The van der Waals surface area contributed by atoms with E-state index in [9.17, 15) is 9.90 Å². The van der Waals surface area contributed by atoms with Crippen molar-refractivity contribution in [2.24, 2.45) is 13.0 Å². The number of aryl methyl sites for hydroxylation is 1. The van der Waals surface area contributed by atoms with Crippen LogP contribution in [0.15, 0.2) is 24.5 Å². The van der Waals surface area contributed by atoms with Crippen LogP contribution in [0.4, 0.5) is 5.82 Å². The molecule has 8 heteroatoms. The Balaban J connectivity index is 1.71. The van der Waals surface area contributed by atoms with Crippen LogP contribution >= 0.6 is 0 Å². The van der Waals surface area contributed by atoms with Crippen LogP contribution in [-0.2, 0) is 11.8 Å². The molecule has 2 unspecified atom stereocenters. The number of anilines is 1. The minimum Gasteiger partial charge on any atom is -0.464 e. The van der Waals surface area contributed by atoms with E-state index in [1.54, 1.807) is 18.3 Å². The molecule has 3 heterocycles. The Morgan fingerprint density at radius 3 is 2.88 bits per heavy atom. The maximum atomic E-state index is 11.4. The molecule has 24 heavy (non-hydrogen) atoms. The smallest absolute Gasteiger partial charge is 0.358 e. The van der Waals surface area contributed by atoms with Crippen LogP contribution < -0.4 is 4.90 Å². The molecule has 0 aliphatic carbocycles. The van der Waals surface area contributed by atoms with Gasteiger partial charge in [-0.25, -0.2) is 9.78 Å². The van der Waals surface area contributed by atoms with Gasteiger partial charge in [-0.05, 0) is 25.0 Å². The fourth-order valence-electron chi connectivity index (χ4n) is 3.06. The van der Waals surface area contributed by atoms with Gasteiger partial charge in [0.2, 0.25) is 0 Å². The molecular formula is C16H21N5O3. The van der Waals surface area contributed by atoms with Gasteiger partial charge in [-0.3, -0.25) is 0 Å². The second-order valence-corrected chi connectivity index (χ2v) is 5.96. The highest BCUT2D eigenvalue weighted by molar-refractivity contribution is 5.86. The topological polar surface area (TPSA) is 93.4 Å². The van der Waals surface area contributed by atoms with E-state index in [1.165, 1.54) is 7.11 Å². The van der Waals surface area contributed by atoms with Gasteiger partial charge in [0.05, 0.1) is 7.11 Å². The van der Waals surface area contributed by atoms with Crippen molar-refractivity contribution in [3.63, 3.8) is 0 Å². The van der Waals surface area contributed by atoms with Gasteiger partial charge in [-0.1, -0.05) is 0 Å². The van der Waals surface area contributed by atoms with Crippen molar-refractivity contribution < 1.29 is 14.6 Å². The number of aromatic nitrogens is 4.